The van der Waals surface area contributed by atoms with E-state index in [1.54, 1.807) is 13.8 Å². The number of nitrogens with two attached hydrogens (primary N) is 1. The molecule has 1 saturated heterocycles. The molecular formula is C31H41N7O8S. The van der Waals surface area contributed by atoms with Gasteiger partial charge in [-0.1, -0.05) is 37.3 Å². The summed E-state index contributed by atoms with van der Waals surface area (Å²) in [6.45, 7) is 4.33. The van der Waals surface area contributed by atoms with Crippen molar-refractivity contribution in [1.29, 1.82) is 0 Å². The molecule has 4 rings (SSSR count). The zero-order valence-electron chi connectivity index (χ0n) is 26.9. The number of aliphatic imine (C=N–C) groups is 1. The Morgan fingerprint density at radius 2 is 1.74 bits per heavy atom. The molecule has 1 aliphatic heterocycles. The van der Waals surface area contributed by atoms with Gasteiger partial charge >= 0.3 is 0 Å². The molecular weight excluding hydrogens is 630 g/mol. The van der Waals surface area contributed by atoms with E-state index in [1.165, 1.54) is 47.0 Å². The molecule has 2 aromatic rings. The Balaban J connectivity index is 1.71. The summed E-state index contributed by atoms with van der Waals surface area (Å²) in [6, 6.07) is 2.17. The third kappa shape index (κ3) is 8.54. The number of primary amides is 1. The molecule has 1 unspecified atom stereocenters. The SMILES string of the molecule is CC(NC(=O)[C@@H]1C[C@H](n2nncc2C(C)(C)O)CN1C(=O)/C(CC1CCCCC1)=N/C(=O)c1ccc(S(C)(=O)=O)cc1)C(=O)C(N)=O. The molecule has 15 nitrogen and oxygen atoms in total. The number of hydrogen-bond donors (Lipinski definition) is 3. The van der Waals surface area contributed by atoms with Gasteiger partial charge in [-0.3, -0.25) is 24.0 Å². The minimum atomic E-state index is -3.50. The van der Waals surface area contributed by atoms with Crippen molar-refractivity contribution in [2.24, 2.45) is 16.6 Å². The van der Waals surface area contributed by atoms with E-state index in [2.05, 4.69) is 20.6 Å². The van der Waals surface area contributed by atoms with Crippen LogP contribution in [-0.4, -0.2) is 93.4 Å². The Kier molecular flexibility index (Phi) is 10.7. The Bertz CT molecular complexity index is 1670. The number of nitrogens with zero attached hydrogens (tertiary/aromatic N) is 5. The van der Waals surface area contributed by atoms with Gasteiger partial charge in [0.25, 0.3) is 17.7 Å². The number of ketones is 1. The van der Waals surface area contributed by atoms with Gasteiger partial charge in [0.2, 0.25) is 11.7 Å². The number of aliphatic hydroxyl groups is 1. The van der Waals surface area contributed by atoms with Crippen molar-refractivity contribution in [2.45, 2.75) is 94.3 Å². The van der Waals surface area contributed by atoms with E-state index in [4.69, 9.17) is 5.73 Å². The fraction of sp³-hybridized carbons (Fsp3) is 0.548. The van der Waals surface area contributed by atoms with Gasteiger partial charge in [-0.2, -0.15) is 0 Å². The Hall–Kier alpha value is -4.31. The predicted octanol–water partition coefficient (Wildman–Crippen LogP) is 0.862. The number of likely N-dealkylation sites (tertiary alicyclic amines) is 1. The third-order valence-corrected chi connectivity index (χ3v) is 9.73. The Morgan fingerprint density at radius 3 is 2.32 bits per heavy atom. The van der Waals surface area contributed by atoms with Crippen LogP contribution in [0.15, 0.2) is 40.4 Å². The van der Waals surface area contributed by atoms with Crippen molar-refractivity contribution in [3.63, 3.8) is 0 Å². The van der Waals surface area contributed by atoms with Crippen molar-refractivity contribution >= 4 is 45.0 Å². The molecule has 47 heavy (non-hydrogen) atoms. The van der Waals surface area contributed by atoms with Crippen molar-refractivity contribution < 1.29 is 37.5 Å². The number of Topliss-reactive ketones (excluding diaryl/α,β-unsaturated/α-hetero) is 1. The lowest BCUT2D eigenvalue weighted by atomic mass is 9.85. The number of sulfone groups is 1. The first kappa shape index (κ1) is 35.5. The van der Waals surface area contributed by atoms with E-state index in [9.17, 15) is 37.5 Å². The molecule has 4 amide bonds. The maximum absolute atomic E-state index is 14.4. The van der Waals surface area contributed by atoms with Crippen molar-refractivity contribution in [1.82, 2.24) is 25.2 Å². The minimum Gasteiger partial charge on any atom is -0.384 e. The monoisotopic (exact) mass is 671 g/mol. The summed E-state index contributed by atoms with van der Waals surface area (Å²) in [7, 11) is -3.50. The van der Waals surface area contributed by atoms with Crippen molar-refractivity contribution in [2.75, 3.05) is 12.8 Å². The zero-order chi connectivity index (χ0) is 34.7. The van der Waals surface area contributed by atoms with E-state index in [-0.39, 0.29) is 41.5 Å². The molecule has 1 aromatic carbocycles. The van der Waals surface area contributed by atoms with Crippen LogP contribution in [0.5, 0.6) is 0 Å². The second-order valence-electron chi connectivity index (χ2n) is 12.8. The van der Waals surface area contributed by atoms with Crippen LogP contribution in [0.2, 0.25) is 0 Å². The van der Waals surface area contributed by atoms with E-state index < -0.39 is 63.0 Å². The number of amides is 4. The average molecular weight is 672 g/mol. The van der Waals surface area contributed by atoms with Crippen LogP contribution in [0.3, 0.4) is 0 Å². The highest BCUT2D eigenvalue weighted by Gasteiger charge is 2.44. The number of nitrogens with one attached hydrogen (secondary N) is 1. The van der Waals surface area contributed by atoms with Gasteiger partial charge in [-0.05, 0) is 57.4 Å². The number of carbonyl (C=O) groups is 5. The lowest BCUT2D eigenvalue weighted by molar-refractivity contribution is -0.139. The topological polar surface area (TPSA) is 224 Å². The molecule has 3 atom stereocenters. The summed E-state index contributed by atoms with van der Waals surface area (Å²) >= 11 is 0. The molecule has 2 heterocycles. The minimum absolute atomic E-state index is 0.0130. The summed E-state index contributed by atoms with van der Waals surface area (Å²) in [6.07, 6.45) is 7.26. The molecule has 2 aliphatic rings. The molecule has 254 valence electrons. The number of aromatic nitrogens is 3. The first-order valence-electron chi connectivity index (χ1n) is 15.5. The summed E-state index contributed by atoms with van der Waals surface area (Å²) in [5, 5.41) is 21.2. The normalized spacial score (nSPS) is 20.1. The largest absolute Gasteiger partial charge is 0.384 e. The van der Waals surface area contributed by atoms with Gasteiger partial charge in [0, 0.05) is 24.8 Å². The third-order valence-electron chi connectivity index (χ3n) is 8.60. The number of hydrogen-bond acceptors (Lipinski definition) is 10. The molecule has 0 bridgehead atoms. The fourth-order valence-electron chi connectivity index (χ4n) is 6.05. The van der Waals surface area contributed by atoms with Crippen LogP contribution >= 0.6 is 0 Å². The molecule has 4 N–H and O–H groups in total. The number of benzene rings is 1. The zero-order valence-corrected chi connectivity index (χ0v) is 27.7. The molecule has 0 radical (unpaired) electrons. The standard InChI is InChI=1S/C31H41N7O8S/c1-18(26(39)27(32)40)34-29(42)24-15-21(38-25(16-33-36-38)31(2,3)44)17-37(24)30(43)23(14-19-8-6-5-7-9-19)35-28(41)20-10-12-22(13-11-20)47(4,45)46/h10-13,16,18-19,21,24,44H,5-9,14-15,17H2,1-4H3,(H2,32,40)(H,34,42)/b35-23+/t18?,21-,24-/m0/s1. The summed E-state index contributed by atoms with van der Waals surface area (Å²) in [5.74, 6) is -4.31. The van der Waals surface area contributed by atoms with Crippen LogP contribution in [0.25, 0.3) is 0 Å². The number of carbonyl (C=O) groups excluding carboxylic acids is 5. The van der Waals surface area contributed by atoms with Crippen LogP contribution in [0.1, 0.15) is 87.8 Å². The first-order chi connectivity index (χ1) is 22.0. The van der Waals surface area contributed by atoms with Gasteiger partial charge in [-0.25, -0.2) is 18.1 Å². The van der Waals surface area contributed by atoms with Gasteiger partial charge in [0.15, 0.2) is 9.84 Å². The van der Waals surface area contributed by atoms with Gasteiger partial charge in [0.1, 0.15) is 17.4 Å². The van der Waals surface area contributed by atoms with Gasteiger partial charge in [-0.15, -0.1) is 5.10 Å². The maximum atomic E-state index is 14.4. The molecule has 16 heteroatoms. The van der Waals surface area contributed by atoms with Gasteiger partial charge in [0.05, 0.1) is 28.9 Å². The number of rotatable bonds is 11. The highest BCUT2D eigenvalue weighted by Crippen LogP contribution is 2.33. The van der Waals surface area contributed by atoms with E-state index in [0.717, 1.165) is 38.4 Å². The maximum Gasteiger partial charge on any atom is 0.287 e. The Morgan fingerprint density at radius 1 is 1.11 bits per heavy atom. The average Bonchev–Trinajstić information content (AvgIpc) is 3.68. The summed E-state index contributed by atoms with van der Waals surface area (Å²) in [5.41, 5.74) is 4.12. The second-order valence-corrected chi connectivity index (χ2v) is 14.8. The smallest absolute Gasteiger partial charge is 0.287 e. The molecule has 2 fully saturated rings. The van der Waals surface area contributed by atoms with Crippen molar-refractivity contribution in [3.05, 3.63) is 41.7 Å². The highest BCUT2D eigenvalue weighted by atomic mass is 32.2. The highest BCUT2D eigenvalue weighted by molar-refractivity contribution is 7.90. The van der Waals surface area contributed by atoms with Crippen LogP contribution in [0.4, 0.5) is 0 Å². The Labute approximate surface area is 272 Å². The summed E-state index contributed by atoms with van der Waals surface area (Å²) < 4.78 is 25.2. The quantitative estimate of drug-likeness (QED) is 0.226. The lowest BCUT2D eigenvalue weighted by Gasteiger charge is -2.27. The van der Waals surface area contributed by atoms with Crippen LogP contribution < -0.4 is 11.1 Å². The molecule has 1 saturated carbocycles. The van der Waals surface area contributed by atoms with Crippen LogP contribution in [0, 0.1) is 5.92 Å². The van der Waals surface area contributed by atoms with Crippen molar-refractivity contribution in [3.8, 4) is 0 Å². The van der Waals surface area contributed by atoms with Crippen LogP contribution in [-0.2, 0) is 34.6 Å². The second kappa shape index (κ2) is 14.2. The summed E-state index contributed by atoms with van der Waals surface area (Å²) in [4.78, 5) is 70.5. The van der Waals surface area contributed by atoms with Gasteiger partial charge < -0.3 is 21.1 Å². The first-order valence-corrected chi connectivity index (χ1v) is 17.4. The molecule has 1 aromatic heterocycles. The molecule has 0 spiro atoms. The molecule has 1 aliphatic carbocycles. The lowest BCUT2D eigenvalue weighted by Crippen LogP contribution is -2.52. The van der Waals surface area contributed by atoms with E-state index >= 15 is 0 Å². The fourth-order valence-corrected chi connectivity index (χ4v) is 6.68. The van der Waals surface area contributed by atoms with E-state index in [0.29, 0.717) is 5.69 Å². The van der Waals surface area contributed by atoms with E-state index in [1.807, 2.05) is 0 Å². The predicted molar refractivity (Wildman–Crippen MR) is 169 cm³/mol.